The van der Waals surface area contributed by atoms with E-state index >= 15 is 0 Å². The van der Waals surface area contributed by atoms with Crippen molar-refractivity contribution in [1.82, 2.24) is 0 Å². The summed E-state index contributed by atoms with van der Waals surface area (Å²) >= 11 is 0. The molecule has 136 valence electrons. The molecule has 0 saturated heterocycles. The van der Waals surface area contributed by atoms with E-state index in [4.69, 9.17) is 4.74 Å². The maximum atomic E-state index is 13.3. The molecule has 26 heavy (non-hydrogen) atoms. The van der Waals surface area contributed by atoms with Gasteiger partial charge in [0.05, 0.1) is 17.7 Å². The van der Waals surface area contributed by atoms with Crippen LogP contribution in [0.4, 0.5) is 5.69 Å². The summed E-state index contributed by atoms with van der Waals surface area (Å²) in [5, 5.41) is 0. The average Bonchev–Trinajstić information content (AvgIpc) is 2.67. The lowest BCUT2D eigenvalue weighted by molar-refractivity contribution is 0.0981. The quantitative estimate of drug-likeness (QED) is 0.830. The van der Waals surface area contributed by atoms with Crippen LogP contribution in [0.5, 0.6) is 5.75 Å². The Balaban J connectivity index is 1.78. The number of carbonyl (C=O) groups excluding carboxylic acids is 1. The molecule has 0 amide bonds. The number of methoxy groups -OCH3 is 1. The van der Waals surface area contributed by atoms with Crippen LogP contribution in [-0.2, 0) is 22.9 Å². The number of sulfonamides is 1. The number of hydrogen-bond donors (Lipinski definition) is 0. The molecule has 2 aromatic rings. The van der Waals surface area contributed by atoms with Crippen LogP contribution in [0, 0.1) is 0 Å². The Morgan fingerprint density at radius 2 is 1.73 bits per heavy atom. The molecule has 0 radical (unpaired) electrons. The fourth-order valence-electron chi connectivity index (χ4n) is 3.79. The summed E-state index contributed by atoms with van der Waals surface area (Å²) in [6, 6.07) is 10.4. The first-order valence-electron chi connectivity index (χ1n) is 8.86. The highest BCUT2D eigenvalue weighted by atomic mass is 32.2. The fraction of sp³-hybridized carbons (Fsp3) is 0.350. The van der Waals surface area contributed by atoms with Crippen molar-refractivity contribution in [3.63, 3.8) is 0 Å². The monoisotopic (exact) mass is 371 g/mol. The van der Waals surface area contributed by atoms with Crippen LogP contribution >= 0.6 is 0 Å². The molecule has 0 aromatic heterocycles. The molecule has 0 atom stereocenters. The first kappa shape index (κ1) is 17.1. The van der Waals surface area contributed by atoms with Gasteiger partial charge in [-0.25, -0.2) is 8.42 Å². The lowest BCUT2D eigenvalue weighted by atomic mass is 9.92. The van der Waals surface area contributed by atoms with Gasteiger partial charge in [0.25, 0.3) is 10.0 Å². The topological polar surface area (TPSA) is 63.7 Å². The van der Waals surface area contributed by atoms with Crippen LogP contribution in [0.15, 0.2) is 41.3 Å². The van der Waals surface area contributed by atoms with E-state index in [-0.39, 0.29) is 18.7 Å². The lowest BCUT2D eigenvalue weighted by Crippen LogP contribution is -2.37. The molecule has 0 spiro atoms. The van der Waals surface area contributed by atoms with Gasteiger partial charge in [0.2, 0.25) is 0 Å². The van der Waals surface area contributed by atoms with Gasteiger partial charge in [-0.15, -0.1) is 0 Å². The molecule has 0 unspecified atom stereocenters. The number of fused-ring (bicyclic) bond motifs is 2. The molecular formula is C20H21NO4S. The minimum absolute atomic E-state index is 0.0595. The third kappa shape index (κ3) is 2.78. The van der Waals surface area contributed by atoms with E-state index < -0.39 is 10.0 Å². The second kappa shape index (κ2) is 6.43. The first-order chi connectivity index (χ1) is 12.5. The molecule has 1 heterocycles. The van der Waals surface area contributed by atoms with Crippen molar-refractivity contribution in [1.29, 1.82) is 0 Å². The number of aryl methyl sites for hydroxylation is 2. The Hall–Kier alpha value is -2.34. The Bertz CT molecular complexity index is 981. The summed E-state index contributed by atoms with van der Waals surface area (Å²) < 4.78 is 33.1. The van der Waals surface area contributed by atoms with Crippen molar-refractivity contribution in [3.05, 3.63) is 53.1 Å². The summed E-state index contributed by atoms with van der Waals surface area (Å²) in [7, 11) is -2.19. The molecule has 0 bridgehead atoms. The van der Waals surface area contributed by atoms with Crippen LogP contribution < -0.4 is 9.04 Å². The Morgan fingerprint density at radius 1 is 0.962 bits per heavy atom. The number of benzene rings is 2. The van der Waals surface area contributed by atoms with Crippen LogP contribution in [-0.4, -0.2) is 27.9 Å². The van der Waals surface area contributed by atoms with Crippen LogP contribution in [0.1, 0.15) is 40.7 Å². The summed E-state index contributed by atoms with van der Waals surface area (Å²) in [6.45, 7) is 0.164. The van der Waals surface area contributed by atoms with Gasteiger partial charge in [-0.1, -0.05) is 6.07 Å². The predicted molar refractivity (Wildman–Crippen MR) is 99.6 cm³/mol. The van der Waals surface area contributed by atoms with Crippen molar-refractivity contribution in [2.75, 3.05) is 18.0 Å². The van der Waals surface area contributed by atoms with Gasteiger partial charge in [0.15, 0.2) is 5.78 Å². The predicted octanol–water partition coefficient (Wildman–Crippen LogP) is 3.36. The maximum Gasteiger partial charge on any atom is 0.264 e. The first-order valence-corrected chi connectivity index (χ1v) is 10.3. The number of hydrogen-bond acceptors (Lipinski definition) is 4. The third-order valence-electron chi connectivity index (χ3n) is 5.22. The van der Waals surface area contributed by atoms with E-state index in [1.165, 1.54) is 17.0 Å². The van der Waals surface area contributed by atoms with Crippen LogP contribution in [0.2, 0.25) is 0 Å². The second-order valence-corrected chi connectivity index (χ2v) is 8.63. The molecule has 2 aromatic carbocycles. The highest BCUT2D eigenvalue weighted by Crippen LogP contribution is 2.35. The number of carbonyl (C=O) groups is 1. The molecule has 1 aliphatic carbocycles. The van der Waals surface area contributed by atoms with E-state index in [9.17, 15) is 13.2 Å². The normalized spacial score (nSPS) is 16.8. The van der Waals surface area contributed by atoms with Gasteiger partial charge in [-0.3, -0.25) is 9.10 Å². The highest BCUT2D eigenvalue weighted by Gasteiger charge is 2.33. The van der Waals surface area contributed by atoms with E-state index in [1.54, 1.807) is 24.3 Å². The summed E-state index contributed by atoms with van der Waals surface area (Å²) in [4.78, 5) is 12.6. The van der Waals surface area contributed by atoms with Crippen molar-refractivity contribution in [2.45, 2.75) is 37.0 Å². The second-order valence-electron chi connectivity index (χ2n) is 6.77. The summed E-state index contributed by atoms with van der Waals surface area (Å²) in [5.41, 5.74) is 3.20. The van der Waals surface area contributed by atoms with E-state index in [1.807, 2.05) is 12.1 Å². The van der Waals surface area contributed by atoms with Gasteiger partial charge in [-0.05, 0) is 67.1 Å². The molecule has 2 aliphatic rings. The zero-order valence-corrected chi connectivity index (χ0v) is 15.5. The third-order valence-corrected chi connectivity index (χ3v) is 7.03. The van der Waals surface area contributed by atoms with E-state index in [0.29, 0.717) is 21.9 Å². The largest absolute Gasteiger partial charge is 0.497 e. The highest BCUT2D eigenvalue weighted by molar-refractivity contribution is 7.92. The fourth-order valence-corrected chi connectivity index (χ4v) is 5.32. The van der Waals surface area contributed by atoms with Gasteiger partial charge >= 0.3 is 0 Å². The van der Waals surface area contributed by atoms with Crippen LogP contribution in [0.25, 0.3) is 0 Å². The molecule has 1 aliphatic heterocycles. The molecule has 4 rings (SSSR count). The number of rotatable bonds is 3. The standard InChI is InChI=1S/C20H21NO4S/c1-25-16-7-9-19-18(13-16)20(22)10-11-21(19)26(23,24)17-8-6-14-4-2-3-5-15(14)12-17/h6-9,12-13H,2-5,10-11H2,1H3. The smallest absolute Gasteiger partial charge is 0.264 e. The van der Waals surface area contributed by atoms with Gasteiger partial charge in [0.1, 0.15) is 5.75 Å². The summed E-state index contributed by atoms with van der Waals surface area (Å²) in [5.74, 6) is 0.487. The summed E-state index contributed by atoms with van der Waals surface area (Å²) in [6.07, 6.45) is 4.35. The van der Waals surface area contributed by atoms with Crippen molar-refractivity contribution < 1.29 is 17.9 Å². The van der Waals surface area contributed by atoms with Crippen molar-refractivity contribution >= 4 is 21.5 Å². The molecular weight excluding hydrogens is 350 g/mol. The Labute approximate surface area is 153 Å². The molecule has 0 fully saturated rings. The molecule has 0 N–H and O–H groups in total. The Kier molecular flexibility index (Phi) is 4.23. The molecule has 0 saturated carbocycles. The van der Waals surface area contributed by atoms with Gasteiger partial charge in [0, 0.05) is 18.5 Å². The zero-order valence-electron chi connectivity index (χ0n) is 14.7. The Morgan fingerprint density at radius 3 is 2.50 bits per heavy atom. The lowest BCUT2D eigenvalue weighted by Gasteiger charge is -2.30. The number of ketones is 1. The molecule has 6 heteroatoms. The van der Waals surface area contributed by atoms with E-state index in [0.717, 1.165) is 31.2 Å². The average molecular weight is 371 g/mol. The minimum Gasteiger partial charge on any atom is -0.497 e. The zero-order chi connectivity index (χ0) is 18.3. The number of anilines is 1. The van der Waals surface area contributed by atoms with Crippen molar-refractivity contribution in [2.24, 2.45) is 0 Å². The number of ether oxygens (including phenoxy) is 1. The van der Waals surface area contributed by atoms with Crippen LogP contribution in [0.3, 0.4) is 0 Å². The van der Waals surface area contributed by atoms with E-state index in [2.05, 4.69) is 0 Å². The SMILES string of the molecule is COc1ccc2c(c1)C(=O)CCN2S(=O)(=O)c1ccc2c(c1)CCCC2. The number of nitrogens with zero attached hydrogens (tertiary/aromatic N) is 1. The minimum atomic E-state index is -3.71. The van der Waals surface area contributed by atoms with Gasteiger partial charge in [-0.2, -0.15) is 0 Å². The van der Waals surface area contributed by atoms with Crippen molar-refractivity contribution in [3.8, 4) is 5.75 Å². The maximum absolute atomic E-state index is 13.3. The van der Waals surface area contributed by atoms with Gasteiger partial charge < -0.3 is 4.74 Å². The number of Topliss-reactive ketones (excluding diaryl/α,β-unsaturated/α-hetero) is 1. The molecule has 5 nitrogen and oxygen atoms in total.